The van der Waals surface area contributed by atoms with Crippen LogP contribution in [0.5, 0.6) is 0 Å². The predicted molar refractivity (Wildman–Crippen MR) is 77.0 cm³/mol. The topological polar surface area (TPSA) is 69.7 Å². The summed E-state index contributed by atoms with van der Waals surface area (Å²) in [6, 6.07) is 7.95. The van der Waals surface area contributed by atoms with E-state index in [2.05, 4.69) is 4.90 Å². The van der Waals surface area contributed by atoms with Gasteiger partial charge in [-0.3, -0.25) is 0 Å². The number of benzene rings is 1. The van der Waals surface area contributed by atoms with E-state index >= 15 is 0 Å². The van der Waals surface area contributed by atoms with E-state index in [-0.39, 0.29) is 25.6 Å². The number of nitrogens with zero attached hydrogens (tertiary/aromatic N) is 2. The fraction of sp³-hybridized carbons (Fsp3) is 0.571. The number of rotatable bonds is 5. The fourth-order valence-corrected chi connectivity index (χ4v) is 2.82. The fourth-order valence-electron chi connectivity index (χ4n) is 2.82. The molecule has 0 aromatic heterocycles. The minimum Gasteiger partial charge on any atom is -1.00 e. The molecule has 0 aliphatic carbocycles. The van der Waals surface area contributed by atoms with E-state index in [0.29, 0.717) is 0 Å². The van der Waals surface area contributed by atoms with E-state index in [4.69, 9.17) is 5.73 Å². The SMILES string of the molecule is Nc1ccc(N2CC[N+](CCO)(CCO)CC2)cc1.[Cl-]. The van der Waals surface area contributed by atoms with Gasteiger partial charge in [0.05, 0.1) is 39.4 Å². The van der Waals surface area contributed by atoms with Crippen LogP contribution in [0.25, 0.3) is 0 Å². The van der Waals surface area contributed by atoms with E-state index < -0.39 is 0 Å². The molecule has 2 rings (SSSR count). The Balaban J connectivity index is 0.00000200. The summed E-state index contributed by atoms with van der Waals surface area (Å²) in [6.45, 7) is 5.65. The Morgan fingerprint density at radius 2 is 1.50 bits per heavy atom. The van der Waals surface area contributed by atoms with Crippen molar-refractivity contribution < 1.29 is 27.1 Å². The highest BCUT2D eigenvalue weighted by Crippen LogP contribution is 2.21. The number of quaternary nitrogens is 1. The van der Waals surface area contributed by atoms with Gasteiger partial charge in [0.15, 0.2) is 0 Å². The molecule has 0 saturated carbocycles. The summed E-state index contributed by atoms with van der Waals surface area (Å²) in [6.07, 6.45) is 0. The Bertz CT molecular complexity index is 384. The minimum absolute atomic E-state index is 0. The van der Waals surface area contributed by atoms with Crippen molar-refractivity contribution in [3.05, 3.63) is 24.3 Å². The summed E-state index contributed by atoms with van der Waals surface area (Å²) in [5.74, 6) is 0. The van der Waals surface area contributed by atoms with Crippen molar-refractivity contribution in [1.82, 2.24) is 0 Å². The first-order valence-corrected chi connectivity index (χ1v) is 6.86. The van der Waals surface area contributed by atoms with Gasteiger partial charge in [-0.25, -0.2) is 0 Å². The molecule has 1 heterocycles. The lowest BCUT2D eigenvalue weighted by Gasteiger charge is -2.45. The Hall–Kier alpha value is -1.01. The van der Waals surface area contributed by atoms with E-state index in [1.165, 1.54) is 5.69 Å². The van der Waals surface area contributed by atoms with Gasteiger partial charge in [0, 0.05) is 11.4 Å². The number of aliphatic hydroxyl groups excluding tert-OH is 2. The van der Waals surface area contributed by atoms with Crippen molar-refractivity contribution in [3.63, 3.8) is 0 Å². The van der Waals surface area contributed by atoms with Crippen LogP contribution in [0.15, 0.2) is 24.3 Å². The molecular formula is C14H24ClN3O2. The second-order valence-corrected chi connectivity index (χ2v) is 5.26. The van der Waals surface area contributed by atoms with Crippen LogP contribution in [0.2, 0.25) is 0 Å². The molecule has 0 radical (unpaired) electrons. The molecule has 6 heteroatoms. The van der Waals surface area contributed by atoms with E-state index in [9.17, 15) is 10.2 Å². The molecule has 1 aliphatic rings. The Kier molecular flexibility index (Phi) is 6.55. The van der Waals surface area contributed by atoms with E-state index in [0.717, 1.165) is 49.4 Å². The van der Waals surface area contributed by atoms with Crippen molar-refractivity contribution in [2.75, 3.05) is 63.1 Å². The van der Waals surface area contributed by atoms with Crippen LogP contribution < -0.4 is 23.0 Å². The molecule has 4 N–H and O–H groups in total. The summed E-state index contributed by atoms with van der Waals surface area (Å²) >= 11 is 0. The molecule has 0 atom stereocenters. The minimum atomic E-state index is 0. The van der Waals surface area contributed by atoms with Crippen LogP contribution in [0.1, 0.15) is 0 Å². The normalized spacial score (nSPS) is 17.6. The maximum absolute atomic E-state index is 9.20. The van der Waals surface area contributed by atoms with Gasteiger partial charge in [-0.2, -0.15) is 0 Å². The molecular weight excluding hydrogens is 278 g/mol. The molecule has 1 aliphatic heterocycles. The van der Waals surface area contributed by atoms with E-state index in [1.807, 2.05) is 24.3 Å². The first-order valence-electron chi connectivity index (χ1n) is 6.86. The molecule has 5 nitrogen and oxygen atoms in total. The molecule has 0 amide bonds. The lowest BCUT2D eigenvalue weighted by atomic mass is 10.2. The molecule has 0 bridgehead atoms. The third-order valence-corrected chi connectivity index (χ3v) is 4.10. The van der Waals surface area contributed by atoms with Crippen molar-refractivity contribution in [1.29, 1.82) is 0 Å². The molecule has 1 fully saturated rings. The molecule has 0 unspecified atom stereocenters. The molecule has 1 aromatic carbocycles. The van der Waals surface area contributed by atoms with Gasteiger partial charge in [-0.1, -0.05) is 0 Å². The van der Waals surface area contributed by atoms with Crippen molar-refractivity contribution in [2.45, 2.75) is 0 Å². The highest BCUT2D eigenvalue weighted by atomic mass is 35.5. The largest absolute Gasteiger partial charge is 1.00 e. The number of nitrogens with two attached hydrogens (primary N) is 1. The number of hydrogen-bond donors (Lipinski definition) is 3. The number of anilines is 2. The monoisotopic (exact) mass is 301 g/mol. The lowest BCUT2D eigenvalue weighted by Crippen LogP contribution is -3.00. The maximum atomic E-state index is 9.20. The zero-order valence-electron chi connectivity index (χ0n) is 11.7. The Labute approximate surface area is 126 Å². The molecule has 1 saturated heterocycles. The third-order valence-electron chi connectivity index (χ3n) is 4.10. The lowest BCUT2D eigenvalue weighted by molar-refractivity contribution is -0.929. The number of nitrogen functional groups attached to an aromatic ring is 1. The van der Waals surface area contributed by atoms with Crippen molar-refractivity contribution in [2.24, 2.45) is 0 Å². The van der Waals surface area contributed by atoms with Gasteiger partial charge in [0.25, 0.3) is 0 Å². The predicted octanol–water partition coefficient (Wildman–Crippen LogP) is -3.11. The zero-order valence-corrected chi connectivity index (χ0v) is 12.5. The van der Waals surface area contributed by atoms with Crippen LogP contribution in [-0.2, 0) is 0 Å². The van der Waals surface area contributed by atoms with Gasteiger partial charge in [-0.05, 0) is 24.3 Å². The van der Waals surface area contributed by atoms with Gasteiger partial charge < -0.3 is 37.7 Å². The standard InChI is InChI=1S/C14H24N3O2.ClH/c15-13-1-3-14(4-2-13)16-5-7-17(8-6-16,9-11-18)10-12-19;/h1-4,18-19H,5-12,15H2;1H/q+1;/p-1. The Morgan fingerprint density at radius 3 is 1.95 bits per heavy atom. The van der Waals surface area contributed by atoms with Crippen LogP contribution in [0.3, 0.4) is 0 Å². The number of hydrogen-bond acceptors (Lipinski definition) is 4. The summed E-state index contributed by atoms with van der Waals surface area (Å²) in [5.41, 5.74) is 7.68. The number of aliphatic hydroxyl groups is 2. The Morgan fingerprint density at radius 1 is 1.00 bits per heavy atom. The summed E-state index contributed by atoms with van der Waals surface area (Å²) in [5, 5.41) is 18.4. The van der Waals surface area contributed by atoms with Gasteiger partial charge >= 0.3 is 0 Å². The maximum Gasteiger partial charge on any atom is 0.102 e. The van der Waals surface area contributed by atoms with Crippen LogP contribution in [0, 0.1) is 0 Å². The number of halogens is 1. The van der Waals surface area contributed by atoms with Gasteiger partial charge in [-0.15, -0.1) is 0 Å². The average molecular weight is 302 g/mol. The van der Waals surface area contributed by atoms with Crippen LogP contribution in [-0.4, -0.2) is 67.2 Å². The number of piperazine rings is 1. The quantitative estimate of drug-likeness (QED) is 0.398. The second kappa shape index (κ2) is 7.69. The van der Waals surface area contributed by atoms with Gasteiger partial charge in [0.1, 0.15) is 13.1 Å². The molecule has 0 spiro atoms. The summed E-state index contributed by atoms with van der Waals surface area (Å²) in [4.78, 5) is 2.34. The first-order chi connectivity index (χ1) is 9.19. The summed E-state index contributed by atoms with van der Waals surface area (Å²) in [7, 11) is 0. The summed E-state index contributed by atoms with van der Waals surface area (Å²) < 4.78 is 0.818. The van der Waals surface area contributed by atoms with Crippen LogP contribution in [0.4, 0.5) is 11.4 Å². The third kappa shape index (κ3) is 3.99. The van der Waals surface area contributed by atoms with Gasteiger partial charge in [0.2, 0.25) is 0 Å². The van der Waals surface area contributed by atoms with Crippen molar-refractivity contribution in [3.8, 4) is 0 Å². The highest BCUT2D eigenvalue weighted by molar-refractivity contribution is 5.53. The second-order valence-electron chi connectivity index (χ2n) is 5.26. The molecule has 20 heavy (non-hydrogen) atoms. The van der Waals surface area contributed by atoms with E-state index in [1.54, 1.807) is 0 Å². The molecule has 114 valence electrons. The highest BCUT2D eigenvalue weighted by Gasteiger charge is 2.31. The zero-order chi connectivity index (χ0) is 13.7. The smallest absolute Gasteiger partial charge is 0.102 e. The van der Waals surface area contributed by atoms with Crippen LogP contribution >= 0.6 is 0 Å². The van der Waals surface area contributed by atoms with Crippen molar-refractivity contribution >= 4 is 11.4 Å². The average Bonchev–Trinajstić information content (AvgIpc) is 2.41. The molecule has 1 aromatic rings. The first kappa shape index (κ1) is 17.0.